The van der Waals surface area contributed by atoms with E-state index in [1.165, 1.54) is 14.2 Å². The predicted octanol–water partition coefficient (Wildman–Crippen LogP) is 1.31. The zero-order valence-electron chi connectivity index (χ0n) is 13.3. The summed E-state index contributed by atoms with van der Waals surface area (Å²) < 4.78 is 5.93. The first-order valence-electron chi connectivity index (χ1n) is 7.12. The minimum atomic E-state index is -0.745. The van der Waals surface area contributed by atoms with E-state index in [0.29, 0.717) is 10.6 Å². The van der Waals surface area contributed by atoms with Gasteiger partial charge in [0, 0.05) is 17.6 Å². The van der Waals surface area contributed by atoms with Gasteiger partial charge in [-0.2, -0.15) is 0 Å². The predicted molar refractivity (Wildman–Crippen MR) is 93.8 cm³/mol. The molecule has 0 spiro atoms. The molecule has 2 heterocycles. The highest BCUT2D eigenvalue weighted by Gasteiger charge is 2.24. The van der Waals surface area contributed by atoms with E-state index >= 15 is 0 Å². The van der Waals surface area contributed by atoms with Gasteiger partial charge in [0.2, 0.25) is 0 Å². The Balaban J connectivity index is 2.59. The minimum absolute atomic E-state index is 0.0542. The number of benzene rings is 1. The summed E-state index contributed by atoms with van der Waals surface area (Å²) in [6, 6.07) is 6.48. The molecule has 128 valence electrons. The molecule has 0 fully saturated rings. The summed E-state index contributed by atoms with van der Waals surface area (Å²) in [4.78, 5) is 42.8. The number of aromatic amines is 1. The van der Waals surface area contributed by atoms with Gasteiger partial charge in [-0.05, 0) is 17.7 Å². The van der Waals surface area contributed by atoms with E-state index < -0.39 is 17.2 Å². The number of hydrogen-bond acceptors (Lipinski definition) is 6. The van der Waals surface area contributed by atoms with Crippen molar-refractivity contribution in [1.29, 1.82) is 0 Å². The smallest absolute Gasteiger partial charge is 0.342 e. The van der Waals surface area contributed by atoms with Gasteiger partial charge in [-0.3, -0.25) is 14.3 Å². The molecule has 0 radical (unpaired) electrons. The number of carbonyl (C=O) groups is 1. The molecule has 1 aromatic carbocycles. The quantitative estimate of drug-likeness (QED) is 0.665. The van der Waals surface area contributed by atoms with Crippen LogP contribution in [0.5, 0.6) is 0 Å². The number of fused-ring (bicyclic) bond motifs is 1. The zero-order chi connectivity index (χ0) is 18.3. The molecule has 8 nitrogen and oxygen atoms in total. The number of anilines is 1. The molecule has 3 aromatic rings. The number of H-pyrrole nitrogens is 1. The van der Waals surface area contributed by atoms with Gasteiger partial charge < -0.3 is 10.5 Å². The number of nitrogens with two attached hydrogens (primary N) is 1. The highest BCUT2D eigenvalue weighted by atomic mass is 35.5. The Morgan fingerprint density at radius 3 is 2.52 bits per heavy atom. The van der Waals surface area contributed by atoms with Crippen LogP contribution in [-0.2, 0) is 11.8 Å². The summed E-state index contributed by atoms with van der Waals surface area (Å²) in [6.07, 6.45) is 0. The first-order valence-corrected chi connectivity index (χ1v) is 7.49. The number of nitrogen functional groups attached to an aromatic ring is 1. The SMILES string of the molecule is COC(=O)c1c(N)nc2c(c1-c1ccc(Cl)cc1)c(=O)[nH]c(=O)n2C. The molecule has 9 heteroatoms. The number of methoxy groups -OCH3 is 1. The molecule has 3 rings (SSSR count). The summed E-state index contributed by atoms with van der Waals surface area (Å²) in [7, 11) is 2.64. The molecule has 0 saturated carbocycles. The van der Waals surface area contributed by atoms with E-state index in [1.807, 2.05) is 0 Å². The van der Waals surface area contributed by atoms with Crippen molar-refractivity contribution in [2.45, 2.75) is 0 Å². The fourth-order valence-electron chi connectivity index (χ4n) is 2.60. The molecule has 0 aliphatic carbocycles. The Morgan fingerprint density at radius 1 is 1.28 bits per heavy atom. The molecule has 0 bridgehead atoms. The molecule has 0 atom stereocenters. The lowest BCUT2D eigenvalue weighted by molar-refractivity contribution is 0.0602. The standard InChI is InChI=1S/C16H13ClN4O4/c1-21-13-11(14(22)20-16(21)24)9(7-3-5-8(17)6-4-7)10(12(18)19-13)15(23)25-2/h3-6H,1-2H3,(H2,18,19)(H,20,22,24). The number of halogens is 1. The number of pyridine rings is 1. The number of hydrogen-bond donors (Lipinski definition) is 2. The van der Waals surface area contributed by atoms with Gasteiger partial charge >= 0.3 is 11.7 Å². The Labute approximate surface area is 145 Å². The average molecular weight is 361 g/mol. The van der Waals surface area contributed by atoms with Gasteiger partial charge in [0.1, 0.15) is 11.4 Å². The van der Waals surface area contributed by atoms with Crippen molar-refractivity contribution in [3.05, 3.63) is 55.7 Å². The molecular formula is C16H13ClN4O4. The average Bonchev–Trinajstić information content (AvgIpc) is 2.58. The number of aryl methyl sites for hydroxylation is 1. The van der Waals surface area contributed by atoms with Crippen LogP contribution in [0.4, 0.5) is 5.82 Å². The van der Waals surface area contributed by atoms with Crippen molar-refractivity contribution in [2.75, 3.05) is 12.8 Å². The molecule has 2 aromatic heterocycles. The maximum Gasteiger partial charge on any atom is 0.342 e. The van der Waals surface area contributed by atoms with Crippen LogP contribution in [0.15, 0.2) is 33.9 Å². The third-order valence-electron chi connectivity index (χ3n) is 3.80. The number of nitrogens with zero attached hydrogens (tertiary/aromatic N) is 2. The Hall–Kier alpha value is -3.13. The van der Waals surface area contributed by atoms with E-state index in [4.69, 9.17) is 22.1 Å². The van der Waals surface area contributed by atoms with Crippen molar-refractivity contribution in [3.8, 4) is 11.1 Å². The van der Waals surface area contributed by atoms with Gasteiger partial charge in [0.05, 0.1) is 12.5 Å². The van der Waals surface area contributed by atoms with Crippen molar-refractivity contribution in [3.63, 3.8) is 0 Å². The van der Waals surface area contributed by atoms with Gasteiger partial charge in [-0.15, -0.1) is 0 Å². The number of aromatic nitrogens is 3. The number of nitrogens with one attached hydrogen (secondary N) is 1. The van der Waals surface area contributed by atoms with Crippen LogP contribution in [0.1, 0.15) is 10.4 Å². The zero-order valence-corrected chi connectivity index (χ0v) is 14.0. The highest BCUT2D eigenvalue weighted by Crippen LogP contribution is 2.33. The van der Waals surface area contributed by atoms with Gasteiger partial charge in [-0.25, -0.2) is 14.6 Å². The molecule has 0 aliphatic heterocycles. The number of carbonyl (C=O) groups excluding carboxylic acids is 1. The van der Waals surface area contributed by atoms with E-state index in [2.05, 4.69) is 9.97 Å². The third kappa shape index (κ3) is 2.66. The summed E-state index contributed by atoms with van der Waals surface area (Å²) in [5.74, 6) is -0.894. The Bertz CT molecular complexity index is 1120. The van der Waals surface area contributed by atoms with Crippen LogP contribution in [0, 0.1) is 0 Å². The van der Waals surface area contributed by atoms with E-state index in [-0.39, 0.29) is 28.0 Å². The Kier molecular flexibility index (Phi) is 4.05. The first-order chi connectivity index (χ1) is 11.8. The lowest BCUT2D eigenvalue weighted by atomic mass is 9.97. The van der Waals surface area contributed by atoms with Crippen LogP contribution in [0.25, 0.3) is 22.2 Å². The largest absolute Gasteiger partial charge is 0.465 e. The van der Waals surface area contributed by atoms with Crippen molar-refractivity contribution >= 4 is 34.4 Å². The molecular weight excluding hydrogens is 348 g/mol. The van der Waals surface area contributed by atoms with Gasteiger partial charge in [0.25, 0.3) is 5.56 Å². The maximum absolute atomic E-state index is 12.5. The molecule has 3 N–H and O–H groups in total. The normalized spacial score (nSPS) is 10.8. The third-order valence-corrected chi connectivity index (χ3v) is 4.05. The van der Waals surface area contributed by atoms with Crippen LogP contribution < -0.4 is 17.0 Å². The Morgan fingerprint density at radius 2 is 1.92 bits per heavy atom. The summed E-state index contributed by atoms with van der Waals surface area (Å²) >= 11 is 5.91. The van der Waals surface area contributed by atoms with E-state index in [1.54, 1.807) is 24.3 Å². The number of rotatable bonds is 2. The second-order valence-electron chi connectivity index (χ2n) is 5.26. The van der Waals surface area contributed by atoms with Crippen LogP contribution in [0.3, 0.4) is 0 Å². The maximum atomic E-state index is 12.5. The second-order valence-corrected chi connectivity index (χ2v) is 5.70. The monoisotopic (exact) mass is 360 g/mol. The van der Waals surface area contributed by atoms with Crippen LogP contribution in [0.2, 0.25) is 5.02 Å². The fraction of sp³-hybridized carbons (Fsp3) is 0.125. The lowest BCUT2D eigenvalue weighted by Gasteiger charge is -2.14. The van der Waals surface area contributed by atoms with Crippen molar-refractivity contribution < 1.29 is 9.53 Å². The minimum Gasteiger partial charge on any atom is -0.465 e. The number of ether oxygens (including phenoxy) is 1. The van der Waals surface area contributed by atoms with Gasteiger partial charge in [-0.1, -0.05) is 23.7 Å². The molecule has 0 unspecified atom stereocenters. The molecule has 0 aliphatic rings. The summed E-state index contributed by atoms with van der Waals surface area (Å²) in [5, 5.41) is 0.537. The molecule has 25 heavy (non-hydrogen) atoms. The molecule has 0 amide bonds. The molecule has 0 saturated heterocycles. The first kappa shape index (κ1) is 16.7. The fourth-order valence-corrected chi connectivity index (χ4v) is 2.73. The lowest BCUT2D eigenvalue weighted by Crippen LogP contribution is -2.30. The summed E-state index contributed by atoms with van der Waals surface area (Å²) in [5.41, 5.74) is 5.35. The van der Waals surface area contributed by atoms with Crippen molar-refractivity contribution in [2.24, 2.45) is 7.05 Å². The van der Waals surface area contributed by atoms with Gasteiger partial charge in [0.15, 0.2) is 5.65 Å². The van der Waals surface area contributed by atoms with Crippen LogP contribution >= 0.6 is 11.6 Å². The van der Waals surface area contributed by atoms with E-state index in [9.17, 15) is 14.4 Å². The summed E-state index contributed by atoms with van der Waals surface area (Å²) in [6.45, 7) is 0. The number of esters is 1. The van der Waals surface area contributed by atoms with E-state index in [0.717, 1.165) is 4.57 Å². The van der Waals surface area contributed by atoms with Crippen molar-refractivity contribution in [1.82, 2.24) is 14.5 Å². The highest BCUT2D eigenvalue weighted by molar-refractivity contribution is 6.30. The van der Waals surface area contributed by atoms with Crippen LogP contribution in [-0.4, -0.2) is 27.6 Å². The topological polar surface area (TPSA) is 120 Å². The second kappa shape index (κ2) is 6.06.